The molecule has 0 aromatic heterocycles. The van der Waals surface area contributed by atoms with Gasteiger partial charge in [-0.05, 0) is 31.2 Å². The van der Waals surface area contributed by atoms with Crippen LogP contribution in [0.5, 0.6) is 0 Å². The number of carbonyl (C=O) groups excluding carboxylic acids is 1. The van der Waals surface area contributed by atoms with Crippen LogP contribution in [0.1, 0.15) is 6.92 Å². The van der Waals surface area contributed by atoms with Crippen LogP contribution in [0.15, 0.2) is 34.1 Å². The van der Waals surface area contributed by atoms with Gasteiger partial charge in [0.2, 0.25) is 5.91 Å². The van der Waals surface area contributed by atoms with E-state index in [1.165, 1.54) is 19.1 Å². The predicted molar refractivity (Wildman–Crippen MR) is 65.4 cm³/mol. The zero-order chi connectivity index (χ0) is 14.1. The standard InChI is InChI=1S/C10H13NO5S2/c1-7(10(11)12)18(15,16)9-5-3-8(4-6-9)17(2,13)14/h3-7H,1-2H3,(H2,11,12). The molecule has 0 aliphatic rings. The Bertz CT molecular complexity index is 659. The monoisotopic (exact) mass is 291 g/mol. The summed E-state index contributed by atoms with van der Waals surface area (Å²) < 4.78 is 46.2. The van der Waals surface area contributed by atoms with Gasteiger partial charge in [-0.15, -0.1) is 0 Å². The molecule has 0 saturated heterocycles. The van der Waals surface area contributed by atoms with Crippen LogP contribution in [0, 0.1) is 0 Å². The number of nitrogens with two attached hydrogens (primary N) is 1. The second kappa shape index (κ2) is 4.69. The highest BCUT2D eigenvalue weighted by molar-refractivity contribution is 7.92. The van der Waals surface area contributed by atoms with Crippen molar-refractivity contribution >= 4 is 25.6 Å². The van der Waals surface area contributed by atoms with E-state index in [0.717, 1.165) is 18.4 Å². The maximum Gasteiger partial charge on any atom is 0.235 e. The second-order valence-corrected chi connectivity index (χ2v) is 8.12. The summed E-state index contributed by atoms with van der Waals surface area (Å²) in [4.78, 5) is 10.8. The van der Waals surface area contributed by atoms with Crippen molar-refractivity contribution in [3.8, 4) is 0 Å². The quantitative estimate of drug-likeness (QED) is 0.821. The zero-order valence-electron chi connectivity index (χ0n) is 9.82. The molecule has 2 N–H and O–H groups in total. The number of sulfone groups is 2. The van der Waals surface area contributed by atoms with Gasteiger partial charge >= 0.3 is 0 Å². The van der Waals surface area contributed by atoms with Crippen molar-refractivity contribution in [2.24, 2.45) is 5.73 Å². The van der Waals surface area contributed by atoms with E-state index in [1.807, 2.05) is 0 Å². The molecule has 8 heteroatoms. The Kier molecular flexibility index (Phi) is 3.82. The maximum atomic E-state index is 11.9. The van der Waals surface area contributed by atoms with Gasteiger partial charge in [-0.1, -0.05) is 0 Å². The van der Waals surface area contributed by atoms with Gasteiger partial charge in [0.15, 0.2) is 19.7 Å². The molecule has 0 fully saturated rings. The first-order valence-electron chi connectivity index (χ1n) is 4.90. The highest BCUT2D eigenvalue weighted by atomic mass is 32.2. The topological polar surface area (TPSA) is 111 Å². The summed E-state index contributed by atoms with van der Waals surface area (Å²) in [7, 11) is -7.26. The predicted octanol–water partition coefficient (Wildman–Crippen LogP) is -0.262. The fourth-order valence-corrected chi connectivity index (χ4v) is 3.09. The lowest BCUT2D eigenvalue weighted by Crippen LogP contribution is -2.33. The number of amides is 1. The molecule has 0 heterocycles. The van der Waals surface area contributed by atoms with E-state index < -0.39 is 30.8 Å². The van der Waals surface area contributed by atoms with Crippen molar-refractivity contribution in [3.05, 3.63) is 24.3 Å². The molecule has 1 rings (SSSR count). The Morgan fingerprint density at radius 2 is 1.44 bits per heavy atom. The van der Waals surface area contributed by atoms with Crippen LogP contribution in [0.3, 0.4) is 0 Å². The average Bonchev–Trinajstić information content (AvgIpc) is 2.26. The molecule has 0 spiro atoms. The Labute approximate surface area is 106 Å². The lowest BCUT2D eigenvalue weighted by atomic mass is 10.4. The minimum Gasteiger partial charge on any atom is -0.369 e. The lowest BCUT2D eigenvalue weighted by Gasteiger charge is -2.09. The SMILES string of the molecule is CC(C(N)=O)S(=O)(=O)c1ccc(S(C)(=O)=O)cc1. The minimum absolute atomic E-state index is 0.00757. The van der Waals surface area contributed by atoms with Crippen molar-refractivity contribution in [3.63, 3.8) is 0 Å². The molecule has 0 aliphatic carbocycles. The first-order valence-corrected chi connectivity index (χ1v) is 8.34. The molecule has 1 unspecified atom stereocenters. The molecule has 0 aliphatic heterocycles. The van der Waals surface area contributed by atoms with Crippen LogP contribution in [-0.4, -0.2) is 34.2 Å². The highest BCUT2D eigenvalue weighted by Gasteiger charge is 2.28. The van der Waals surface area contributed by atoms with E-state index in [1.54, 1.807) is 0 Å². The minimum atomic E-state index is -3.87. The zero-order valence-corrected chi connectivity index (χ0v) is 11.5. The highest BCUT2D eigenvalue weighted by Crippen LogP contribution is 2.18. The Morgan fingerprint density at radius 3 is 1.78 bits per heavy atom. The maximum absolute atomic E-state index is 11.9. The van der Waals surface area contributed by atoms with Crippen molar-refractivity contribution in [2.45, 2.75) is 22.0 Å². The van der Waals surface area contributed by atoms with Gasteiger partial charge in [-0.25, -0.2) is 16.8 Å². The van der Waals surface area contributed by atoms with E-state index in [4.69, 9.17) is 5.73 Å². The number of carbonyl (C=O) groups is 1. The number of hydrogen-bond acceptors (Lipinski definition) is 5. The fourth-order valence-electron chi connectivity index (χ4n) is 1.23. The third-order valence-electron chi connectivity index (χ3n) is 2.45. The van der Waals surface area contributed by atoms with E-state index in [0.29, 0.717) is 0 Å². The molecule has 0 saturated carbocycles. The smallest absolute Gasteiger partial charge is 0.235 e. The normalized spacial score (nSPS) is 14.1. The number of primary amides is 1. The first-order chi connectivity index (χ1) is 8.06. The van der Waals surface area contributed by atoms with Gasteiger partial charge in [0.1, 0.15) is 5.25 Å². The lowest BCUT2D eigenvalue weighted by molar-refractivity contribution is -0.117. The van der Waals surface area contributed by atoms with Gasteiger partial charge in [-0.3, -0.25) is 4.79 Å². The summed E-state index contributed by atoms with van der Waals surface area (Å²) >= 11 is 0. The van der Waals surface area contributed by atoms with Crippen molar-refractivity contribution in [1.29, 1.82) is 0 Å². The molecular weight excluding hydrogens is 278 g/mol. The Hall–Kier alpha value is -1.41. The molecule has 0 bridgehead atoms. The number of benzene rings is 1. The van der Waals surface area contributed by atoms with Crippen LogP contribution in [-0.2, 0) is 24.5 Å². The van der Waals surface area contributed by atoms with E-state index in [2.05, 4.69) is 0 Å². The van der Waals surface area contributed by atoms with Gasteiger partial charge in [0.05, 0.1) is 9.79 Å². The van der Waals surface area contributed by atoms with E-state index >= 15 is 0 Å². The number of hydrogen-bond donors (Lipinski definition) is 1. The van der Waals surface area contributed by atoms with Crippen LogP contribution in [0.2, 0.25) is 0 Å². The van der Waals surface area contributed by atoms with Crippen LogP contribution < -0.4 is 5.73 Å². The van der Waals surface area contributed by atoms with E-state index in [9.17, 15) is 21.6 Å². The largest absolute Gasteiger partial charge is 0.369 e. The summed E-state index contributed by atoms with van der Waals surface area (Å²) in [5.41, 5.74) is 4.94. The van der Waals surface area contributed by atoms with E-state index in [-0.39, 0.29) is 9.79 Å². The third-order valence-corrected chi connectivity index (χ3v) is 5.67. The molecule has 1 atom stereocenters. The van der Waals surface area contributed by atoms with Gasteiger partial charge in [-0.2, -0.15) is 0 Å². The van der Waals surface area contributed by atoms with Crippen molar-refractivity contribution in [1.82, 2.24) is 0 Å². The third kappa shape index (κ3) is 2.88. The molecular formula is C10H13NO5S2. The average molecular weight is 291 g/mol. The molecule has 1 aromatic carbocycles. The molecule has 18 heavy (non-hydrogen) atoms. The molecule has 1 amide bonds. The molecule has 100 valence electrons. The van der Waals surface area contributed by atoms with Gasteiger partial charge < -0.3 is 5.73 Å². The Balaban J connectivity index is 3.26. The van der Waals surface area contributed by atoms with Gasteiger partial charge in [0.25, 0.3) is 0 Å². The summed E-state index contributed by atoms with van der Waals surface area (Å²) in [6, 6.07) is 4.64. The van der Waals surface area contributed by atoms with Crippen molar-refractivity contribution < 1.29 is 21.6 Å². The summed E-state index contributed by atoms with van der Waals surface area (Å²) in [5.74, 6) is -0.956. The first kappa shape index (κ1) is 14.7. The summed E-state index contributed by atoms with van der Waals surface area (Å²) in [6.45, 7) is 1.18. The van der Waals surface area contributed by atoms with Crippen LogP contribution in [0.25, 0.3) is 0 Å². The summed E-state index contributed by atoms with van der Waals surface area (Å²) in [6.07, 6.45) is 1.02. The van der Waals surface area contributed by atoms with Gasteiger partial charge in [0, 0.05) is 6.26 Å². The summed E-state index contributed by atoms with van der Waals surface area (Å²) in [5, 5.41) is -1.36. The number of rotatable bonds is 4. The molecule has 6 nitrogen and oxygen atoms in total. The molecule has 0 radical (unpaired) electrons. The van der Waals surface area contributed by atoms with Crippen LogP contribution in [0.4, 0.5) is 0 Å². The second-order valence-electron chi connectivity index (χ2n) is 3.83. The molecule has 1 aromatic rings. The van der Waals surface area contributed by atoms with Crippen LogP contribution >= 0.6 is 0 Å². The Morgan fingerprint density at radius 1 is 1.06 bits per heavy atom. The fraction of sp³-hybridized carbons (Fsp3) is 0.300. The van der Waals surface area contributed by atoms with Crippen molar-refractivity contribution in [2.75, 3.05) is 6.26 Å².